The summed E-state index contributed by atoms with van der Waals surface area (Å²) in [7, 11) is 0. The highest BCUT2D eigenvalue weighted by Gasteiger charge is 2.20. The lowest BCUT2D eigenvalue weighted by Gasteiger charge is -2.12. The largest absolute Gasteiger partial charge is 0.455 e. The number of hydrogen-bond donors (Lipinski definition) is 0. The highest BCUT2D eigenvalue weighted by atomic mass is 79.9. The van der Waals surface area contributed by atoms with Crippen molar-refractivity contribution >= 4 is 33.2 Å². The quantitative estimate of drug-likeness (QED) is 0.503. The molecular formula is C13H7BrClF2NO3. The van der Waals surface area contributed by atoms with Gasteiger partial charge in [-0.15, -0.1) is 0 Å². The van der Waals surface area contributed by atoms with Crippen molar-refractivity contribution < 1.29 is 18.4 Å². The van der Waals surface area contributed by atoms with Gasteiger partial charge in [-0.25, -0.2) is 8.78 Å². The molecule has 0 aliphatic heterocycles. The molecule has 0 aliphatic rings. The Morgan fingerprint density at radius 1 is 1.19 bits per heavy atom. The third-order valence-electron chi connectivity index (χ3n) is 2.55. The second-order valence-electron chi connectivity index (χ2n) is 3.96. The molecule has 0 bridgehead atoms. The molecule has 0 aliphatic carbocycles. The van der Waals surface area contributed by atoms with Crippen LogP contribution in [0.5, 0.6) is 11.5 Å². The summed E-state index contributed by atoms with van der Waals surface area (Å²) in [5, 5.41) is 10.9. The second kappa shape index (κ2) is 6.36. The molecule has 21 heavy (non-hydrogen) atoms. The number of alkyl halides is 2. The fourth-order valence-corrected chi connectivity index (χ4v) is 2.08. The van der Waals surface area contributed by atoms with Gasteiger partial charge in [0.05, 0.1) is 15.5 Å². The van der Waals surface area contributed by atoms with Crippen LogP contribution >= 0.6 is 27.5 Å². The molecule has 2 aromatic rings. The van der Waals surface area contributed by atoms with E-state index in [2.05, 4.69) is 15.9 Å². The standard InChI is InChI=1S/C13H7BrClF2NO3/c14-7-1-3-10(15)12(5-7)21-11-4-2-8(18(19)20)6-9(11)13(16)17/h1-6,13H. The van der Waals surface area contributed by atoms with Crippen LogP contribution in [-0.4, -0.2) is 4.92 Å². The molecule has 4 nitrogen and oxygen atoms in total. The average molecular weight is 379 g/mol. The molecule has 0 saturated carbocycles. The van der Waals surface area contributed by atoms with Crippen molar-refractivity contribution in [1.29, 1.82) is 0 Å². The number of non-ortho nitro benzene ring substituents is 1. The highest BCUT2D eigenvalue weighted by molar-refractivity contribution is 9.10. The number of nitro groups is 1. The molecule has 0 aromatic heterocycles. The van der Waals surface area contributed by atoms with Crippen molar-refractivity contribution in [2.75, 3.05) is 0 Å². The topological polar surface area (TPSA) is 52.4 Å². The molecule has 0 radical (unpaired) electrons. The van der Waals surface area contributed by atoms with Gasteiger partial charge in [-0.05, 0) is 24.3 Å². The zero-order chi connectivity index (χ0) is 15.6. The zero-order valence-electron chi connectivity index (χ0n) is 10.2. The van der Waals surface area contributed by atoms with Gasteiger partial charge in [0.1, 0.15) is 11.5 Å². The van der Waals surface area contributed by atoms with Crippen LogP contribution in [0.2, 0.25) is 5.02 Å². The van der Waals surface area contributed by atoms with Crippen LogP contribution in [0, 0.1) is 10.1 Å². The van der Waals surface area contributed by atoms with Crippen LogP contribution in [0.4, 0.5) is 14.5 Å². The van der Waals surface area contributed by atoms with Gasteiger partial charge in [-0.2, -0.15) is 0 Å². The second-order valence-corrected chi connectivity index (χ2v) is 5.28. The maximum Gasteiger partial charge on any atom is 0.270 e. The van der Waals surface area contributed by atoms with Crippen LogP contribution < -0.4 is 4.74 Å². The SMILES string of the molecule is O=[N+]([O-])c1ccc(Oc2cc(Br)ccc2Cl)c(C(F)F)c1. The lowest BCUT2D eigenvalue weighted by Crippen LogP contribution is -1.96. The Morgan fingerprint density at radius 3 is 2.52 bits per heavy atom. The summed E-state index contributed by atoms with van der Waals surface area (Å²) < 4.78 is 32.0. The van der Waals surface area contributed by atoms with E-state index in [1.807, 2.05) is 0 Å². The lowest BCUT2D eigenvalue weighted by atomic mass is 10.2. The predicted octanol–water partition coefficient (Wildman–Crippen LogP) is 5.74. The molecule has 0 spiro atoms. The summed E-state index contributed by atoms with van der Waals surface area (Å²) in [4.78, 5) is 9.89. The summed E-state index contributed by atoms with van der Waals surface area (Å²) in [6, 6.07) is 7.71. The molecule has 0 heterocycles. The Balaban J connectivity index is 2.44. The predicted molar refractivity (Wildman–Crippen MR) is 77.3 cm³/mol. The van der Waals surface area contributed by atoms with E-state index >= 15 is 0 Å². The van der Waals surface area contributed by atoms with Gasteiger partial charge in [0.25, 0.3) is 12.1 Å². The van der Waals surface area contributed by atoms with E-state index in [1.165, 1.54) is 12.1 Å². The van der Waals surface area contributed by atoms with Crippen LogP contribution in [-0.2, 0) is 0 Å². The smallest absolute Gasteiger partial charge is 0.270 e. The Kier molecular flexibility index (Phi) is 4.74. The van der Waals surface area contributed by atoms with Crippen molar-refractivity contribution in [1.82, 2.24) is 0 Å². The van der Waals surface area contributed by atoms with Crippen molar-refractivity contribution in [2.24, 2.45) is 0 Å². The van der Waals surface area contributed by atoms with E-state index < -0.39 is 22.6 Å². The number of halogens is 4. The molecule has 2 rings (SSSR count). The maximum absolute atomic E-state index is 13.0. The van der Waals surface area contributed by atoms with Crippen LogP contribution in [0.1, 0.15) is 12.0 Å². The molecular weight excluding hydrogens is 372 g/mol. The number of nitrogens with zero attached hydrogens (tertiary/aromatic N) is 1. The normalized spacial score (nSPS) is 10.7. The Morgan fingerprint density at radius 2 is 1.90 bits per heavy atom. The minimum atomic E-state index is -2.91. The first kappa shape index (κ1) is 15.7. The molecule has 0 N–H and O–H groups in total. The van der Waals surface area contributed by atoms with E-state index in [-0.39, 0.29) is 16.5 Å². The van der Waals surface area contributed by atoms with Gasteiger partial charge in [-0.1, -0.05) is 27.5 Å². The molecule has 0 fully saturated rings. The average Bonchev–Trinajstić information content (AvgIpc) is 2.42. The number of hydrogen-bond acceptors (Lipinski definition) is 3. The van der Waals surface area contributed by atoms with Gasteiger partial charge in [0, 0.05) is 16.6 Å². The van der Waals surface area contributed by atoms with Gasteiger partial charge in [0.2, 0.25) is 0 Å². The van der Waals surface area contributed by atoms with Crippen LogP contribution in [0.15, 0.2) is 40.9 Å². The molecule has 110 valence electrons. The van der Waals surface area contributed by atoms with Crippen LogP contribution in [0.3, 0.4) is 0 Å². The van der Waals surface area contributed by atoms with E-state index in [0.717, 1.165) is 18.2 Å². The van der Waals surface area contributed by atoms with E-state index in [9.17, 15) is 18.9 Å². The Bertz CT molecular complexity index is 697. The van der Waals surface area contributed by atoms with E-state index in [1.54, 1.807) is 6.07 Å². The number of nitro benzene ring substituents is 1. The molecule has 2 aromatic carbocycles. The van der Waals surface area contributed by atoms with Crippen LogP contribution in [0.25, 0.3) is 0 Å². The molecule has 0 amide bonds. The van der Waals surface area contributed by atoms with Gasteiger partial charge in [-0.3, -0.25) is 10.1 Å². The number of ether oxygens (including phenoxy) is 1. The fraction of sp³-hybridized carbons (Fsp3) is 0.0769. The van der Waals surface area contributed by atoms with Gasteiger partial charge < -0.3 is 4.74 Å². The number of rotatable bonds is 4. The lowest BCUT2D eigenvalue weighted by molar-refractivity contribution is -0.385. The first-order chi connectivity index (χ1) is 9.88. The zero-order valence-corrected chi connectivity index (χ0v) is 12.6. The first-order valence-electron chi connectivity index (χ1n) is 5.58. The van der Waals surface area contributed by atoms with Crippen molar-refractivity contribution in [2.45, 2.75) is 6.43 Å². The summed E-state index contributed by atoms with van der Waals surface area (Å²) in [5.41, 5.74) is -1.00. The maximum atomic E-state index is 13.0. The van der Waals surface area contributed by atoms with Crippen molar-refractivity contribution in [3.8, 4) is 11.5 Å². The van der Waals surface area contributed by atoms with Gasteiger partial charge in [0.15, 0.2) is 0 Å². The highest BCUT2D eigenvalue weighted by Crippen LogP contribution is 2.38. The van der Waals surface area contributed by atoms with Gasteiger partial charge >= 0.3 is 0 Å². The number of benzene rings is 2. The summed E-state index contributed by atoms with van der Waals surface area (Å²) in [5.74, 6) is -0.0163. The Hall–Kier alpha value is -1.73. The summed E-state index contributed by atoms with van der Waals surface area (Å²) in [6.45, 7) is 0. The molecule has 0 saturated heterocycles. The fourth-order valence-electron chi connectivity index (χ4n) is 1.59. The van der Waals surface area contributed by atoms with E-state index in [4.69, 9.17) is 16.3 Å². The Labute approximate surface area is 131 Å². The van der Waals surface area contributed by atoms with Crippen molar-refractivity contribution in [3.05, 3.63) is 61.6 Å². The molecule has 0 unspecified atom stereocenters. The minimum Gasteiger partial charge on any atom is -0.455 e. The molecule has 8 heteroatoms. The summed E-state index contributed by atoms with van der Waals surface area (Å²) >= 11 is 9.13. The first-order valence-corrected chi connectivity index (χ1v) is 6.75. The third kappa shape index (κ3) is 3.68. The third-order valence-corrected chi connectivity index (χ3v) is 3.36. The molecule has 0 atom stereocenters. The van der Waals surface area contributed by atoms with Crippen molar-refractivity contribution in [3.63, 3.8) is 0 Å². The summed E-state index contributed by atoms with van der Waals surface area (Å²) in [6.07, 6.45) is -2.91. The minimum absolute atomic E-state index is 0.168. The van der Waals surface area contributed by atoms with E-state index in [0.29, 0.717) is 4.47 Å². The monoisotopic (exact) mass is 377 g/mol.